The van der Waals surface area contributed by atoms with Crippen molar-refractivity contribution in [3.8, 4) is 11.8 Å². The summed E-state index contributed by atoms with van der Waals surface area (Å²) in [5.74, 6) is -0.828. The predicted molar refractivity (Wildman–Crippen MR) is 216 cm³/mol. The Balaban J connectivity index is 2.04. The van der Waals surface area contributed by atoms with E-state index in [4.69, 9.17) is 23.4 Å². The molecule has 0 spiro atoms. The van der Waals surface area contributed by atoms with Crippen LogP contribution in [0.25, 0.3) is 0 Å². The predicted octanol–water partition coefficient (Wildman–Crippen LogP) is 8.96. The van der Waals surface area contributed by atoms with Crippen LogP contribution in [0.5, 0.6) is 5.75 Å². The van der Waals surface area contributed by atoms with Crippen molar-refractivity contribution in [3.05, 3.63) is 53.1 Å². The summed E-state index contributed by atoms with van der Waals surface area (Å²) in [5.41, 5.74) is -0.377. The van der Waals surface area contributed by atoms with Gasteiger partial charge in [0.2, 0.25) is 0 Å². The van der Waals surface area contributed by atoms with Gasteiger partial charge in [0.15, 0.2) is 8.32 Å². The third-order valence-electron chi connectivity index (χ3n) is 10.2. The number of nitriles is 1. The number of imide groups is 1. The van der Waals surface area contributed by atoms with Crippen LogP contribution in [-0.4, -0.2) is 79.9 Å². The van der Waals surface area contributed by atoms with Crippen LogP contribution in [0, 0.1) is 17.2 Å². The Bertz CT molecular complexity index is 1840. The fourth-order valence-electron chi connectivity index (χ4n) is 6.33. The topological polar surface area (TPSA) is 148 Å². The van der Waals surface area contributed by atoms with Gasteiger partial charge in [-0.2, -0.15) is 5.26 Å². The van der Waals surface area contributed by atoms with Crippen LogP contribution in [0.4, 0.5) is 25.8 Å². The second-order valence-corrected chi connectivity index (χ2v) is 23.2. The van der Waals surface area contributed by atoms with Crippen molar-refractivity contribution < 1.29 is 42.6 Å². The number of carbonyl (C=O) groups is 4. The highest BCUT2D eigenvalue weighted by atomic mass is 28.4. The van der Waals surface area contributed by atoms with E-state index in [1.54, 1.807) is 47.6 Å². The van der Waals surface area contributed by atoms with E-state index in [9.17, 15) is 24.4 Å². The van der Waals surface area contributed by atoms with E-state index >= 15 is 0 Å². The summed E-state index contributed by atoms with van der Waals surface area (Å²) in [5, 5.41) is 11.0. The summed E-state index contributed by atoms with van der Waals surface area (Å²) in [7, 11) is -2.43. The molecule has 1 fully saturated rings. The first-order valence-electron chi connectivity index (χ1n) is 19.2. The minimum atomic E-state index is -2.43. The van der Waals surface area contributed by atoms with Crippen LogP contribution >= 0.6 is 0 Å². The molecule has 0 aromatic heterocycles. The molecule has 0 radical (unpaired) electrons. The van der Waals surface area contributed by atoms with Crippen molar-refractivity contribution in [1.29, 1.82) is 5.26 Å². The number of anilines is 2. The lowest BCUT2D eigenvalue weighted by molar-refractivity contribution is -0.130. The highest BCUT2D eigenvalue weighted by Crippen LogP contribution is 2.46. The molecule has 56 heavy (non-hydrogen) atoms. The molecule has 2 aliphatic heterocycles. The molecular formula is C42H60N4O9Si. The van der Waals surface area contributed by atoms with Gasteiger partial charge in [0, 0.05) is 12.5 Å². The minimum Gasteiger partial charge on any atom is -0.487 e. The molecule has 2 aromatic rings. The molecule has 13 nitrogen and oxygen atoms in total. The second-order valence-electron chi connectivity index (χ2n) is 18.4. The number of nitrogens with zero attached hydrogens (tertiary/aromatic N) is 4. The first-order valence-corrected chi connectivity index (χ1v) is 22.1. The van der Waals surface area contributed by atoms with Gasteiger partial charge >= 0.3 is 18.3 Å². The molecule has 0 bridgehead atoms. The molecule has 0 saturated carbocycles. The Kier molecular flexibility index (Phi) is 13.0. The standard InChI is InChI=1S/C42H60N4O9Si/c1-26(2)33-25-52-38(49)46(33)36(47)27(3)45(39(50)54-41(7,8)9)35-31(22-43)30-20-29(55-56(13,14)42(10,11)12)23-44(37(48)53-40(4,5)6)32(30)21-34(35)51-24-28-18-16-15-17-19-28/h15-19,21,26-27,29,33H,20,23-25H2,1-14H3/t27?,29-,33-/m0/s1. The van der Waals surface area contributed by atoms with E-state index in [0.29, 0.717) is 11.3 Å². The lowest BCUT2D eigenvalue weighted by atomic mass is 9.92. The number of hydrogen-bond acceptors (Lipinski definition) is 10. The number of ether oxygens (including phenoxy) is 4. The number of amides is 4. The molecule has 0 aliphatic carbocycles. The van der Waals surface area contributed by atoms with Crippen molar-refractivity contribution in [1.82, 2.24) is 4.90 Å². The minimum absolute atomic E-state index is 0.00520. The highest BCUT2D eigenvalue weighted by Gasteiger charge is 2.47. The van der Waals surface area contributed by atoms with Gasteiger partial charge in [0.05, 0.1) is 29.9 Å². The number of carbonyl (C=O) groups excluding carboxylic acids is 4. The van der Waals surface area contributed by atoms with Crippen LogP contribution in [0.1, 0.15) is 99.8 Å². The van der Waals surface area contributed by atoms with Crippen molar-refractivity contribution in [2.24, 2.45) is 5.92 Å². The average Bonchev–Trinajstić information content (AvgIpc) is 3.46. The number of fused-ring (bicyclic) bond motifs is 1. The van der Waals surface area contributed by atoms with Crippen molar-refractivity contribution >= 4 is 43.9 Å². The SMILES string of the molecule is CC(C)[C@@H]1COC(=O)N1C(=O)C(C)N(C(=O)OC(C)(C)C)c1c(OCc2ccccc2)cc2c(c1C#N)C[C@H](O[Si](C)(C)C(C)(C)C)CN2C(=O)OC(C)(C)C. The molecule has 2 aromatic carbocycles. The summed E-state index contributed by atoms with van der Waals surface area (Å²) >= 11 is 0. The molecule has 0 N–H and O–H groups in total. The van der Waals surface area contributed by atoms with Gasteiger partial charge in [0.1, 0.15) is 48.0 Å². The zero-order chi connectivity index (χ0) is 42.1. The Hall–Kier alpha value is -4.61. The highest BCUT2D eigenvalue weighted by molar-refractivity contribution is 6.74. The third-order valence-corrected chi connectivity index (χ3v) is 14.7. The van der Waals surface area contributed by atoms with Crippen LogP contribution in [0.2, 0.25) is 18.1 Å². The number of hydrogen-bond donors (Lipinski definition) is 0. The van der Waals surface area contributed by atoms with Gasteiger partial charge < -0.3 is 23.4 Å². The van der Waals surface area contributed by atoms with Gasteiger partial charge in [0.25, 0.3) is 5.91 Å². The van der Waals surface area contributed by atoms with Crippen LogP contribution in [0.15, 0.2) is 36.4 Å². The molecule has 2 aliphatic rings. The first-order chi connectivity index (χ1) is 25.8. The summed E-state index contributed by atoms with van der Waals surface area (Å²) in [6, 6.07) is 11.3. The fraction of sp³-hybridized carbons (Fsp3) is 0.595. The molecule has 2 heterocycles. The van der Waals surface area contributed by atoms with E-state index in [-0.39, 0.29) is 54.1 Å². The number of rotatable bonds is 9. The molecule has 1 saturated heterocycles. The fourth-order valence-corrected chi connectivity index (χ4v) is 7.67. The molecule has 306 valence electrons. The summed E-state index contributed by atoms with van der Waals surface area (Å²) in [6.45, 7) is 26.3. The van der Waals surface area contributed by atoms with Gasteiger partial charge in [-0.15, -0.1) is 0 Å². The zero-order valence-corrected chi connectivity index (χ0v) is 36.6. The van der Waals surface area contributed by atoms with Crippen LogP contribution in [0.3, 0.4) is 0 Å². The molecule has 4 rings (SSSR count). The monoisotopic (exact) mass is 792 g/mol. The van der Waals surface area contributed by atoms with Crippen molar-refractivity contribution in [2.75, 3.05) is 23.0 Å². The van der Waals surface area contributed by atoms with E-state index < -0.39 is 61.9 Å². The molecular weight excluding hydrogens is 733 g/mol. The molecule has 3 atom stereocenters. The average molecular weight is 793 g/mol. The Morgan fingerprint density at radius 1 is 0.982 bits per heavy atom. The van der Waals surface area contributed by atoms with E-state index in [0.717, 1.165) is 15.4 Å². The summed E-state index contributed by atoms with van der Waals surface area (Å²) in [6.07, 6.45) is -2.76. The molecule has 14 heteroatoms. The molecule has 1 unspecified atom stereocenters. The normalized spacial score (nSPS) is 18.1. The third kappa shape index (κ3) is 10.0. The lowest BCUT2D eigenvalue weighted by Gasteiger charge is -2.43. The van der Waals surface area contributed by atoms with Gasteiger partial charge in [-0.05, 0) is 83.6 Å². The maximum absolute atomic E-state index is 14.5. The Morgan fingerprint density at radius 2 is 1.59 bits per heavy atom. The van der Waals surface area contributed by atoms with Gasteiger partial charge in [-0.25, -0.2) is 19.3 Å². The summed E-state index contributed by atoms with van der Waals surface area (Å²) in [4.78, 5) is 59.7. The first kappa shape index (κ1) is 44.1. The second kappa shape index (κ2) is 16.5. The largest absolute Gasteiger partial charge is 0.487 e. The zero-order valence-electron chi connectivity index (χ0n) is 35.6. The number of cyclic esters (lactones) is 1. The lowest BCUT2D eigenvalue weighted by Crippen LogP contribution is -2.54. The Labute approximate surface area is 333 Å². The van der Waals surface area contributed by atoms with Crippen LogP contribution < -0.4 is 14.5 Å². The smallest absolute Gasteiger partial charge is 0.417 e. The summed E-state index contributed by atoms with van der Waals surface area (Å²) < 4.78 is 30.5. The number of benzene rings is 2. The Morgan fingerprint density at radius 3 is 2.12 bits per heavy atom. The van der Waals surface area contributed by atoms with Crippen molar-refractivity contribution in [3.63, 3.8) is 0 Å². The quantitative estimate of drug-likeness (QED) is 0.178. The van der Waals surface area contributed by atoms with Crippen LogP contribution in [-0.2, 0) is 36.5 Å². The van der Waals surface area contributed by atoms with Gasteiger partial charge in [-0.1, -0.05) is 65.0 Å². The van der Waals surface area contributed by atoms with E-state index in [2.05, 4.69) is 39.9 Å². The van der Waals surface area contributed by atoms with Crippen molar-refractivity contribution in [2.45, 2.75) is 144 Å². The maximum atomic E-state index is 14.5. The van der Waals surface area contributed by atoms with E-state index in [1.807, 2.05) is 44.2 Å². The van der Waals surface area contributed by atoms with E-state index in [1.165, 1.54) is 11.8 Å². The van der Waals surface area contributed by atoms with Gasteiger partial charge in [-0.3, -0.25) is 14.6 Å². The molecule has 4 amide bonds. The maximum Gasteiger partial charge on any atom is 0.417 e.